The van der Waals surface area contributed by atoms with Crippen molar-refractivity contribution in [3.8, 4) is 6.01 Å². The van der Waals surface area contributed by atoms with Crippen molar-refractivity contribution < 1.29 is 14.3 Å². The number of benzene rings is 1. The molecule has 2 aromatic rings. The van der Waals surface area contributed by atoms with Gasteiger partial charge in [0.25, 0.3) is 5.91 Å². The fourth-order valence-electron chi connectivity index (χ4n) is 2.10. The minimum absolute atomic E-state index is 0.139. The van der Waals surface area contributed by atoms with Crippen LogP contribution in [0.2, 0.25) is 0 Å². The molecule has 126 valence electrons. The smallest absolute Gasteiger partial charge is 0.316 e. The number of ether oxygens (including phenoxy) is 1. The van der Waals surface area contributed by atoms with Crippen molar-refractivity contribution in [3.63, 3.8) is 0 Å². The molecule has 0 bridgehead atoms. The summed E-state index contributed by atoms with van der Waals surface area (Å²) in [5, 5.41) is 5.29. The molecule has 2 N–H and O–H groups in total. The van der Waals surface area contributed by atoms with Gasteiger partial charge in [0.15, 0.2) is 0 Å². The Kier molecular flexibility index (Phi) is 5.83. The maximum Gasteiger partial charge on any atom is 0.316 e. The van der Waals surface area contributed by atoms with Gasteiger partial charge in [-0.1, -0.05) is 18.2 Å². The molecule has 0 spiro atoms. The van der Waals surface area contributed by atoms with Crippen molar-refractivity contribution in [2.45, 2.75) is 20.8 Å². The van der Waals surface area contributed by atoms with Gasteiger partial charge in [-0.2, -0.15) is 9.97 Å². The lowest BCUT2D eigenvalue weighted by atomic mass is 10.2. The van der Waals surface area contributed by atoms with Gasteiger partial charge in [-0.3, -0.25) is 9.59 Å². The van der Waals surface area contributed by atoms with Crippen LogP contribution < -0.4 is 15.4 Å². The molecule has 0 fully saturated rings. The molecular weight excluding hydrogens is 308 g/mol. The van der Waals surface area contributed by atoms with Gasteiger partial charge in [0.05, 0.1) is 30.2 Å². The highest BCUT2D eigenvalue weighted by Gasteiger charge is 2.13. The van der Waals surface area contributed by atoms with E-state index in [1.165, 1.54) is 0 Å². The van der Waals surface area contributed by atoms with Gasteiger partial charge in [-0.15, -0.1) is 0 Å². The van der Waals surface area contributed by atoms with Crippen LogP contribution in [0.5, 0.6) is 6.01 Å². The zero-order valence-corrected chi connectivity index (χ0v) is 13.9. The van der Waals surface area contributed by atoms with Crippen molar-refractivity contribution in [2.24, 2.45) is 0 Å². The highest BCUT2D eigenvalue weighted by molar-refractivity contribution is 5.99. The number of hydrogen-bond donors (Lipinski definition) is 2. The van der Waals surface area contributed by atoms with Gasteiger partial charge >= 0.3 is 6.01 Å². The summed E-state index contributed by atoms with van der Waals surface area (Å²) < 4.78 is 5.26. The Hall–Kier alpha value is -2.96. The maximum atomic E-state index is 12.1. The molecule has 0 aliphatic rings. The number of amides is 2. The van der Waals surface area contributed by atoms with Gasteiger partial charge < -0.3 is 15.4 Å². The average Bonchev–Trinajstić information content (AvgIpc) is 2.57. The SMILES string of the molecule is CCOc1nc(C)c(NC(=O)CNC(=O)c2ccccc2)c(C)n1. The van der Waals surface area contributed by atoms with Crippen molar-refractivity contribution in [1.29, 1.82) is 0 Å². The number of rotatable bonds is 6. The topological polar surface area (TPSA) is 93.2 Å². The summed E-state index contributed by atoms with van der Waals surface area (Å²) >= 11 is 0. The summed E-state index contributed by atoms with van der Waals surface area (Å²) in [6.07, 6.45) is 0. The van der Waals surface area contributed by atoms with Crippen LogP contribution in [-0.2, 0) is 4.79 Å². The molecule has 24 heavy (non-hydrogen) atoms. The molecule has 0 radical (unpaired) electrons. The molecule has 1 aromatic carbocycles. The summed E-state index contributed by atoms with van der Waals surface area (Å²) in [6.45, 7) is 5.69. The number of nitrogens with one attached hydrogen (secondary N) is 2. The highest BCUT2D eigenvalue weighted by atomic mass is 16.5. The molecule has 1 aromatic heterocycles. The Bertz CT molecular complexity index is 709. The first-order valence-electron chi connectivity index (χ1n) is 7.62. The van der Waals surface area contributed by atoms with Gasteiger partial charge in [-0.05, 0) is 32.9 Å². The van der Waals surface area contributed by atoms with Crippen LogP contribution in [-0.4, -0.2) is 34.9 Å². The van der Waals surface area contributed by atoms with Crippen LogP contribution in [0, 0.1) is 13.8 Å². The summed E-state index contributed by atoms with van der Waals surface area (Å²) in [5.74, 6) is -0.652. The summed E-state index contributed by atoms with van der Waals surface area (Å²) in [7, 11) is 0. The Labute approximate surface area is 140 Å². The van der Waals surface area contributed by atoms with E-state index in [9.17, 15) is 9.59 Å². The number of anilines is 1. The summed E-state index contributed by atoms with van der Waals surface area (Å²) in [6, 6.07) is 8.99. The largest absolute Gasteiger partial charge is 0.464 e. The van der Waals surface area contributed by atoms with Crippen LogP contribution in [0.3, 0.4) is 0 Å². The van der Waals surface area contributed by atoms with Crippen LogP contribution >= 0.6 is 0 Å². The Morgan fingerprint density at radius 3 is 2.29 bits per heavy atom. The summed E-state index contributed by atoms with van der Waals surface area (Å²) in [5.41, 5.74) is 2.24. The third kappa shape index (κ3) is 4.52. The van der Waals surface area contributed by atoms with Crippen LogP contribution in [0.25, 0.3) is 0 Å². The lowest BCUT2D eigenvalue weighted by Gasteiger charge is -2.12. The molecule has 2 amide bonds. The number of carbonyl (C=O) groups is 2. The van der Waals surface area contributed by atoms with E-state index in [1.807, 2.05) is 13.0 Å². The molecule has 0 aliphatic carbocycles. The van der Waals surface area contributed by atoms with Crippen molar-refractivity contribution in [1.82, 2.24) is 15.3 Å². The predicted molar refractivity (Wildman–Crippen MR) is 90.1 cm³/mol. The zero-order chi connectivity index (χ0) is 17.5. The monoisotopic (exact) mass is 328 g/mol. The van der Waals surface area contributed by atoms with Gasteiger partial charge in [0.1, 0.15) is 0 Å². The fraction of sp³-hybridized carbons (Fsp3) is 0.294. The third-order valence-electron chi connectivity index (χ3n) is 3.23. The zero-order valence-electron chi connectivity index (χ0n) is 13.9. The Balaban J connectivity index is 1.96. The fourth-order valence-corrected chi connectivity index (χ4v) is 2.10. The molecule has 0 atom stereocenters. The number of aromatic nitrogens is 2. The van der Waals surface area contributed by atoms with E-state index in [0.717, 1.165) is 0 Å². The lowest BCUT2D eigenvalue weighted by molar-refractivity contribution is -0.115. The minimum Gasteiger partial charge on any atom is -0.464 e. The van der Waals surface area contributed by atoms with Gasteiger partial charge in [0.2, 0.25) is 5.91 Å². The molecule has 0 saturated carbocycles. The standard InChI is InChI=1S/C17H20N4O3/c1-4-24-17-19-11(2)15(12(3)20-17)21-14(22)10-18-16(23)13-8-6-5-7-9-13/h5-9H,4,10H2,1-3H3,(H,18,23)(H,21,22). The van der Waals surface area contributed by atoms with Gasteiger partial charge in [-0.25, -0.2) is 0 Å². The average molecular weight is 328 g/mol. The van der Waals surface area contributed by atoms with E-state index >= 15 is 0 Å². The van der Waals surface area contributed by atoms with Gasteiger partial charge in [0, 0.05) is 5.56 Å². The van der Waals surface area contributed by atoms with E-state index in [2.05, 4.69) is 20.6 Å². The van der Waals surface area contributed by atoms with E-state index in [4.69, 9.17) is 4.74 Å². The second-order valence-corrected chi connectivity index (χ2v) is 5.08. The second kappa shape index (κ2) is 8.05. The van der Waals surface area contributed by atoms with E-state index in [0.29, 0.717) is 29.2 Å². The molecule has 7 nitrogen and oxygen atoms in total. The molecular formula is C17H20N4O3. The quantitative estimate of drug-likeness (QED) is 0.844. The Morgan fingerprint density at radius 2 is 1.71 bits per heavy atom. The molecule has 1 heterocycles. The molecule has 0 unspecified atom stereocenters. The third-order valence-corrected chi connectivity index (χ3v) is 3.23. The van der Waals surface area contributed by atoms with E-state index < -0.39 is 0 Å². The van der Waals surface area contributed by atoms with Crippen LogP contribution in [0.1, 0.15) is 28.7 Å². The van der Waals surface area contributed by atoms with Crippen LogP contribution in [0.4, 0.5) is 5.69 Å². The molecule has 2 rings (SSSR count). The number of carbonyl (C=O) groups excluding carboxylic acids is 2. The first-order chi connectivity index (χ1) is 11.5. The van der Waals surface area contributed by atoms with Crippen LogP contribution in [0.15, 0.2) is 30.3 Å². The maximum absolute atomic E-state index is 12.1. The normalized spacial score (nSPS) is 10.1. The molecule has 0 aliphatic heterocycles. The number of hydrogen-bond acceptors (Lipinski definition) is 5. The second-order valence-electron chi connectivity index (χ2n) is 5.08. The van der Waals surface area contributed by atoms with Crippen molar-refractivity contribution in [3.05, 3.63) is 47.3 Å². The number of aryl methyl sites for hydroxylation is 2. The van der Waals surface area contributed by atoms with E-state index in [1.54, 1.807) is 38.1 Å². The predicted octanol–water partition coefficient (Wildman–Crippen LogP) is 1.86. The minimum atomic E-state index is -0.349. The lowest BCUT2D eigenvalue weighted by Crippen LogP contribution is -2.33. The van der Waals surface area contributed by atoms with Crippen molar-refractivity contribution >= 4 is 17.5 Å². The first kappa shape index (κ1) is 17.4. The van der Waals surface area contributed by atoms with Crippen molar-refractivity contribution in [2.75, 3.05) is 18.5 Å². The first-order valence-corrected chi connectivity index (χ1v) is 7.62. The number of nitrogens with zero attached hydrogens (tertiary/aromatic N) is 2. The summed E-state index contributed by atoms with van der Waals surface area (Å²) in [4.78, 5) is 32.3. The highest BCUT2D eigenvalue weighted by Crippen LogP contribution is 2.19. The Morgan fingerprint density at radius 1 is 1.08 bits per heavy atom. The molecule has 7 heteroatoms. The van der Waals surface area contributed by atoms with E-state index in [-0.39, 0.29) is 24.4 Å². The molecule has 0 saturated heterocycles.